The molecule has 0 aliphatic rings. The summed E-state index contributed by atoms with van der Waals surface area (Å²) in [4.78, 5) is 0. The molecule has 0 spiro atoms. The standard InChI is InChI=1S/C19H23N/c1-2-9-18(19-12-7-4-8-13-19)14-15-20-16-17-10-5-3-6-11-17/h2-8,10-13,18,20H,1,9,14-16H2/t18-/m1/s1. The zero-order valence-electron chi connectivity index (χ0n) is 12.0. The highest BCUT2D eigenvalue weighted by molar-refractivity contribution is 5.20. The van der Waals surface area contributed by atoms with Crippen LogP contribution in [0.1, 0.15) is 29.9 Å². The largest absolute Gasteiger partial charge is 0.313 e. The average Bonchev–Trinajstić information content (AvgIpc) is 2.52. The van der Waals surface area contributed by atoms with Gasteiger partial charge in [0.2, 0.25) is 0 Å². The smallest absolute Gasteiger partial charge is 0.0205 e. The summed E-state index contributed by atoms with van der Waals surface area (Å²) >= 11 is 0. The molecular weight excluding hydrogens is 242 g/mol. The van der Waals surface area contributed by atoms with Gasteiger partial charge in [0.15, 0.2) is 0 Å². The first-order valence-corrected chi connectivity index (χ1v) is 7.30. The molecule has 0 fully saturated rings. The highest BCUT2D eigenvalue weighted by Gasteiger charge is 2.08. The Morgan fingerprint density at radius 1 is 0.950 bits per heavy atom. The Hall–Kier alpha value is -1.86. The minimum Gasteiger partial charge on any atom is -0.313 e. The molecule has 2 aromatic carbocycles. The van der Waals surface area contributed by atoms with E-state index in [9.17, 15) is 0 Å². The fourth-order valence-electron chi connectivity index (χ4n) is 2.45. The Bertz CT molecular complexity index is 490. The van der Waals surface area contributed by atoms with Crippen LogP contribution in [0.5, 0.6) is 0 Å². The third-order valence-corrected chi connectivity index (χ3v) is 3.56. The van der Waals surface area contributed by atoms with Crippen LogP contribution >= 0.6 is 0 Å². The Morgan fingerprint density at radius 3 is 2.25 bits per heavy atom. The van der Waals surface area contributed by atoms with Crippen LogP contribution in [0.4, 0.5) is 0 Å². The minimum atomic E-state index is 0.567. The maximum absolute atomic E-state index is 3.88. The number of benzene rings is 2. The first-order valence-electron chi connectivity index (χ1n) is 7.30. The highest BCUT2D eigenvalue weighted by atomic mass is 14.8. The van der Waals surface area contributed by atoms with E-state index in [1.165, 1.54) is 11.1 Å². The number of hydrogen-bond donors (Lipinski definition) is 1. The van der Waals surface area contributed by atoms with E-state index in [4.69, 9.17) is 0 Å². The van der Waals surface area contributed by atoms with Crippen molar-refractivity contribution >= 4 is 0 Å². The van der Waals surface area contributed by atoms with Crippen LogP contribution in [0, 0.1) is 0 Å². The van der Waals surface area contributed by atoms with Gasteiger partial charge >= 0.3 is 0 Å². The van der Waals surface area contributed by atoms with Crippen LogP contribution in [0.2, 0.25) is 0 Å². The second-order valence-corrected chi connectivity index (χ2v) is 5.08. The Labute approximate surface area is 122 Å². The Morgan fingerprint density at radius 2 is 1.60 bits per heavy atom. The van der Waals surface area contributed by atoms with Crippen LogP contribution in [-0.2, 0) is 6.54 Å². The van der Waals surface area contributed by atoms with E-state index in [0.717, 1.165) is 25.9 Å². The van der Waals surface area contributed by atoms with Gasteiger partial charge in [-0.3, -0.25) is 0 Å². The predicted molar refractivity (Wildman–Crippen MR) is 86.8 cm³/mol. The molecule has 0 amide bonds. The molecule has 1 nitrogen and oxygen atoms in total. The molecule has 0 bridgehead atoms. The summed E-state index contributed by atoms with van der Waals surface area (Å²) in [6.45, 7) is 5.85. The quantitative estimate of drug-likeness (QED) is 0.546. The number of allylic oxidation sites excluding steroid dienone is 1. The number of nitrogens with one attached hydrogen (secondary N) is 1. The zero-order chi connectivity index (χ0) is 14.0. The van der Waals surface area contributed by atoms with Gasteiger partial charge in [-0.05, 0) is 36.4 Å². The van der Waals surface area contributed by atoms with Crippen LogP contribution in [0.25, 0.3) is 0 Å². The monoisotopic (exact) mass is 265 g/mol. The molecule has 0 unspecified atom stereocenters. The Kier molecular flexibility index (Phi) is 6.07. The van der Waals surface area contributed by atoms with Gasteiger partial charge < -0.3 is 5.32 Å². The van der Waals surface area contributed by atoms with E-state index in [1.54, 1.807) is 0 Å². The molecule has 0 heterocycles. The average molecular weight is 265 g/mol. The van der Waals surface area contributed by atoms with Crippen molar-refractivity contribution < 1.29 is 0 Å². The number of hydrogen-bond acceptors (Lipinski definition) is 1. The molecule has 1 atom stereocenters. The summed E-state index contributed by atoms with van der Waals surface area (Å²) in [6.07, 6.45) is 4.20. The van der Waals surface area contributed by atoms with E-state index < -0.39 is 0 Å². The van der Waals surface area contributed by atoms with Gasteiger partial charge in [0, 0.05) is 6.54 Å². The normalized spacial score (nSPS) is 12.0. The minimum absolute atomic E-state index is 0.567. The fourth-order valence-corrected chi connectivity index (χ4v) is 2.45. The van der Waals surface area contributed by atoms with Crippen molar-refractivity contribution in [1.29, 1.82) is 0 Å². The molecule has 2 rings (SSSR count). The van der Waals surface area contributed by atoms with E-state index in [1.807, 2.05) is 6.08 Å². The second-order valence-electron chi connectivity index (χ2n) is 5.08. The second kappa shape index (κ2) is 8.34. The summed E-state index contributed by atoms with van der Waals surface area (Å²) in [5.41, 5.74) is 2.75. The summed E-state index contributed by atoms with van der Waals surface area (Å²) in [6, 6.07) is 21.3. The molecular formula is C19H23N. The van der Waals surface area contributed by atoms with Crippen molar-refractivity contribution in [2.75, 3.05) is 6.54 Å². The summed E-state index contributed by atoms with van der Waals surface area (Å²) < 4.78 is 0. The van der Waals surface area contributed by atoms with Crippen molar-refractivity contribution in [3.8, 4) is 0 Å². The van der Waals surface area contributed by atoms with Gasteiger partial charge in [-0.1, -0.05) is 66.7 Å². The maximum atomic E-state index is 3.88. The van der Waals surface area contributed by atoms with Gasteiger partial charge in [0.05, 0.1) is 0 Å². The molecule has 0 saturated heterocycles. The third kappa shape index (κ3) is 4.67. The van der Waals surface area contributed by atoms with Crippen molar-refractivity contribution in [3.05, 3.63) is 84.4 Å². The first-order chi connectivity index (χ1) is 9.90. The van der Waals surface area contributed by atoms with Crippen molar-refractivity contribution in [3.63, 3.8) is 0 Å². The number of rotatable bonds is 8. The van der Waals surface area contributed by atoms with E-state index in [2.05, 4.69) is 72.6 Å². The van der Waals surface area contributed by atoms with Crippen LogP contribution in [0.15, 0.2) is 73.3 Å². The molecule has 0 aliphatic heterocycles. The lowest BCUT2D eigenvalue weighted by Gasteiger charge is -2.16. The predicted octanol–water partition coefficient (Wildman–Crippen LogP) is 4.53. The molecule has 0 aliphatic carbocycles. The van der Waals surface area contributed by atoms with Crippen molar-refractivity contribution in [2.45, 2.75) is 25.3 Å². The molecule has 104 valence electrons. The van der Waals surface area contributed by atoms with Crippen LogP contribution in [-0.4, -0.2) is 6.54 Å². The first kappa shape index (κ1) is 14.5. The lowest BCUT2D eigenvalue weighted by Crippen LogP contribution is -2.17. The van der Waals surface area contributed by atoms with Crippen molar-refractivity contribution in [2.24, 2.45) is 0 Å². The van der Waals surface area contributed by atoms with Crippen LogP contribution < -0.4 is 5.32 Å². The molecule has 1 heteroatoms. The lowest BCUT2D eigenvalue weighted by molar-refractivity contribution is 0.570. The molecule has 0 saturated carbocycles. The zero-order valence-corrected chi connectivity index (χ0v) is 12.0. The molecule has 2 aromatic rings. The molecule has 0 aromatic heterocycles. The summed E-state index contributed by atoms with van der Waals surface area (Å²) in [5, 5.41) is 3.53. The van der Waals surface area contributed by atoms with Crippen LogP contribution in [0.3, 0.4) is 0 Å². The third-order valence-electron chi connectivity index (χ3n) is 3.56. The highest BCUT2D eigenvalue weighted by Crippen LogP contribution is 2.23. The van der Waals surface area contributed by atoms with E-state index in [-0.39, 0.29) is 0 Å². The van der Waals surface area contributed by atoms with Gasteiger partial charge in [-0.15, -0.1) is 6.58 Å². The fraction of sp³-hybridized carbons (Fsp3) is 0.263. The van der Waals surface area contributed by atoms with E-state index in [0.29, 0.717) is 5.92 Å². The summed E-state index contributed by atoms with van der Waals surface area (Å²) in [5.74, 6) is 0.567. The van der Waals surface area contributed by atoms with Gasteiger partial charge in [0.25, 0.3) is 0 Å². The SMILES string of the molecule is C=CC[C@H](CCNCc1ccccc1)c1ccccc1. The maximum Gasteiger partial charge on any atom is 0.0205 e. The molecule has 0 radical (unpaired) electrons. The van der Waals surface area contributed by atoms with Crippen molar-refractivity contribution in [1.82, 2.24) is 5.32 Å². The van der Waals surface area contributed by atoms with E-state index >= 15 is 0 Å². The van der Waals surface area contributed by atoms with Gasteiger partial charge in [-0.2, -0.15) is 0 Å². The van der Waals surface area contributed by atoms with Gasteiger partial charge in [0.1, 0.15) is 0 Å². The lowest BCUT2D eigenvalue weighted by atomic mass is 9.92. The molecule has 1 N–H and O–H groups in total. The summed E-state index contributed by atoms with van der Waals surface area (Å²) in [7, 11) is 0. The topological polar surface area (TPSA) is 12.0 Å². The Balaban J connectivity index is 1.79. The molecule has 20 heavy (non-hydrogen) atoms. The van der Waals surface area contributed by atoms with Gasteiger partial charge in [-0.25, -0.2) is 0 Å².